The Hall–Kier alpha value is -1.17. The molecule has 1 rings (SSSR count). The van der Waals surface area contributed by atoms with E-state index in [1.807, 2.05) is 6.92 Å². The molecule has 1 aliphatic rings. The lowest BCUT2D eigenvalue weighted by atomic mass is 9.88. The normalized spacial score (nSPS) is 23.9. The third-order valence-electron chi connectivity index (χ3n) is 3.69. The van der Waals surface area contributed by atoms with Crippen molar-refractivity contribution in [1.29, 1.82) is 0 Å². The van der Waals surface area contributed by atoms with Crippen molar-refractivity contribution >= 4 is 29.0 Å². The highest BCUT2D eigenvalue weighted by Crippen LogP contribution is 2.33. The van der Waals surface area contributed by atoms with Gasteiger partial charge in [0.25, 0.3) is 0 Å². The van der Waals surface area contributed by atoms with Gasteiger partial charge < -0.3 is 16.0 Å². The standard InChI is InChI=1S/C12H21N3O2S/c1-11(2,8(13)18)10(17)15-6-5-12(3,7-15)9(16)14-4/h5-7H2,1-4H3,(H2,13,18)(H,14,16). The van der Waals surface area contributed by atoms with Crippen LogP contribution in [0.15, 0.2) is 0 Å². The maximum Gasteiger partial charge on any atom is 0.235 e. The zero-order valence-electron chi connectivity index (χ0n) is 11.4. The number of nitrogens with zero attached hydrogens (tertiary/aromatic N) is 1. The first-order chi connectivity index (χ1) is 8.15. The molecule has 0 aliphatic carbocycles. The van der Waals surface area contributed by atoms with Crippen molar-refractivity contribution < 1.29 is 9.59 Å². The summed E-state index contributed by atoms with van der Waals surface area (Å²) in [4.78, 5) is 26.0. The van der Waals surface area contributed by atoms with Gasteiger partial charge in [-0.1, -0.05) is 12.2 Å². The van der Waals surface area contributed by atoms with Crippen molar-refractivity contribution in [2.24, 2.45) is 16.6 Å². The number of amides is 2. The Morgan fingerprint density at radius 3 is 2.44 bits per heavy atom. The number of thiocarbonyl (C=S) groups is 1. The molecule has 0 aromatic rings. The second-order valence-electron chi connectivity index (χ2n) is 5.61. The second-order valence-corrected chi connectivity index (χ2v) is 6.05. The first-order valence-electron chi connectivity index (χ1n) is 5.96. The fraction of sp³-hybridized carbons (Fsp3) is 0.750. The van der Waals surface area contributed by atoms with E-state index >= 15 is 0 Å². The van der Waals surface area contributed by atoms with Crippen molar-refractivity contribution in [3.05, 3.63) is 0 Å². The molecule has 1 atom stereocenters. The van der Waals surface area contributed by atoms with Gasteiger partial charge in [0.15, 0.2) is 0 Å². The molecule has 6 heteroatoms. The molecule has 0 aromatic heterocycles. The van der Waals surface area contributed by atoms with E-state index in [1.54, 1.807) is 25.8 Å². The van der Waals surface area contributed by atoms with Gasteiger partial charge in [-0.3, -0.25) is 9.59 Å². The molecule has 1 unspecified atom stereocenters. The van der Waals surface area contributed by atoms with Crippen LogP contribution >= 0.6 is 12.2 Å². The molecule has 3 N–H and O–H groups in total. The number of hydrogen-bond donors (Lipinski definition) is 2. The van der Waals surface area contributed by atoms with Crippen molar-refractivity contribution in [2.75, 3.05) is 20.1 Å². The summed E-state index contributed by atoms with van der Waals surface area (Å²) in [7, 11) is 1.61. The van der Waals surface area contributed by atoms with Crippen LogP contribution in [-0.4, -0.2) is 41.8 Å². The summed E-state index contributed by atoms with van der Waals surface area (Å²) in [6.45, 7) is 6.28. The third-order valence-corrected chi connectivity index (χ3v) is 4.20. The Morgan fingerprint density at radius 1 is 1.44 bits per heavy atom. The molecule has 1 fully saturated rings. The highest BCUT2D eigenvalue weighted by molar-refractivity contribution is 7.80. The molecule has 0 bridgehead atoms. The van der Waals surface area contributed by atoms with E-state index in [9.17, 15) is 9.59 Å². The van der Waals surface area contributed by atoms with Crippen LogP contribution in [0.2, 0.25) is 0 Å². The van der Waals surface area contributed by atoms with Crippen LogP contribution in [0.3, 0.4) is 0 Å². The predicted molar refractivity (Wildman–Crippen MR) is 73.9 cm³/mol. The Balaban J connectivity index is 2.82. The molecule has 18 heavy (non-hydrogen) atoms. The van der Waals surface area contributed by atoms with E-state index < -0.39 is 10.8 Å². The van der Waals surface area contributed by atoms with Gasteiger partial charge in [-0.05, 0) is 27.2 Å². The maximum absolute atomic E-state index is 12.3. The molecule has 5 nitrogen and oxygen atoms in total. The molecule has 2 amide bonds. The molecule has 1 saturated heterocycles. The molecule has 0 saturated carbocycles. The molecule has 102 valence electrons. The minimum Gasteiger partial charge on any atom is -0.392 e. The van der Waals surface area contributed by atoms with Gasteiger partial charge in [0.2, 0.25) is 11.8 Å². The van der Waals surface area contributed by atoms with E-state index in [1.165, 1.54) is 0 Å². The molecule has 1 aliphatic heterocycles. The lowest BCUT2D eigenvalue weighted by Gasteiger charge is -2.29. The quantitative estimate of drug-likeness (QED) is 0.723. The van der Waals surface area contributed by atoms with Crippen molar-refractivity contribution in [3.63, 3.8) is 0 Å². The van der Waals surface area contributed by atoms with Crippen LogP contribution in [0.25, 0.3) is 0 Å². The number of likely N-dealkylation sites (tertiary alicyclic amines) is 1. The summed E-state index contributed by atoms with van der Waals surface area (Å²) in [5.74, 6) is -0.145. The van der Waals surface area contributed by atoms with Gasteiger partial charge in [0.1, 0.15) is 0 Å². The summed E-state index contributed by atoms with van der Waals surface area (Å²) in [6.07, 6.45) is 0.659. The maximum atomic E-state index is 12.3. The van der Waals surface area contributed by atoms with Gasteiger partial charge in [0.05, 0.1) is 15.8 Å². The van der Waals surface area contributed by atoms with E-state index in [2.05, 4.69) is 5.32 Å². The smallest absolute Gasteiger partial charge is 0.235 e. The molecule has 1 heterocycles. The van der Waals surface area contributed by atoms with Gasteiger partial charge in [-0.2, -0.15) is 0 Å². The van der Waals surface area contributed by atoms with E-state index in [-0.39, 0.29) is 16.8 Å². The molecule has 0 radical (unpaired) electrons. The number of carbonyl (C=O) groups is 2. The number of rotatable bonds is 3. The lowest BCUT2D eigenvalue weighted by molar-refractivity contribution is -0.137. The average molecular weight is 271 g/mol. The van der Waals surface area contributed by atoms with Crippen LogP contribution in [0.4, 0.5) is 0 Å². The fourth-order valence-corrected chi connectivity index (χ4v) is 2.21. The van der Waals surface area contributed by atoms with Gasteiger partial charge in [-0.25, -0.2) is 0 Å². The van der Waals surface area contributed by atoms with E-state index in [0.717, 1.165) is 0 Å². The van der Waals surface area contributed by atoms with E-state index in [0.29, 0.717) is 19.5 Å². The lowest BCUT2D eigenvalue weighted by Crippen LogP contribution is -2.48. The Morgan fingerprint density at radius 2 is 2.00 bits per heavy atom. The van der Waals surface area contributed by atoms with Crippen LogP contribution in [0, 0.1) is 10.8 Å². The zero-order valence-corrected chi connectivity index (χ0v) is 12.2. The fourth-order valence-electron chi connectivity index (χ4n) is 2.12. The van der Waals surface area contributed by atoms with Gasteiger partial charge in [-0.15, -0.1) is 0 Å². The molecular weight excluding hydrogens is 250 g/mol. The summed E-state index contributed by atoms with van der Waals surface area (Å²) in [6, 6.07) is 0. The Labute approximate surface area is 113 Å². The van der Waals surface area contributed by atoms with Crippen LogP contribution < -0.4 is 11.1 Å². The molecular formula is C12H21N3O2S. The van der Waals surface area contributed by atoms with Gasteiger partial charge in [0, 0.05) is 20.1 Å². The second kappa shape index (κ2) is 4.84. The minimum absolute atomic E-state index is 0.0362. The summed E-state index contributed by atoms with van der Waals surface area (Å²) in [5.41, 5.74) is 4.22. The highest BCUT2D eigenvalue weighted by Gasteiger charge is 2.45. The summed E-state index contributed by atoms with van der Waals surface area (Å²) >= 11 is 4.93. The number of hydrogen-bond acceptors (Lipinski definition) is 3. The topological polar surface area (TPSA) is 75.4 Å². The van der Waals surface area contributed by atoms with Crippen LogP contribution in [0.5, 0.6) is 0 Å². The SMILES string of the molecule is CNC(=O)C1(C)CCN(C(=O)C(C)(C)C(N)=S)C1. The number of nitrogens with one attached hydrogen (secondary N) is 1. The van der Waals surface area contributed by atoms with Crippen LogP contribution in [0.1, 0.15) is 27.2 Å². The molecule has 0 spiro atoms. The van der Waals surface area contributed by atoms with Crippen molar-refractivity contribution in [3.8, 4) is 0 Å². The van der Waals surface area contributed by atoms with Crippen molar-refractivity contribution in [1.82, 2.24) is 10.2 Å². The first-order valence-corrected chi connectivity index (χ1v) is 6.37. The minimum atomic E-state index is -0.858. The monoisotopic (exact) mass is 271 g/mol. The van der Waals surface area contributed by atoms with Crippen LogP contribution in [-0.2, 0) is 9.59 Å². The average Bonchev–Trinajstić information content (AvgIpc) is 2.70. The third kappa shape index (κ3) is 2.48. The summed E-state index contributed by atoms with van der Waals surface area (Å²) in [5, 5.41) is 2.64. The van der Waals surface area contributed by atoms with Crippen molar-refractivity contribution in [2.45, 2.75) is 27.2 Å². The highest BCUT2D eigenvalue weighted by atomic mass is 32.1. The first kappa shape index (κ1) is 14.9. The van der Waals surface area contributed by atoms with Gasteiger partial charge >= 0.3 is 0 Å². The largest absolute Gasteiger partial charge is 0.392 e. The molecule has 0 aromatic carbocycles. The zero-order chi connectivity index (χ0) is 14.1. The summed E-state index contributed by atoms with van der Waals surface area (Å²) < 4.78 is 0. The Kier molecular flexibility index (Phi) is 4.00. The predicted octanol–water partition coefficient (Wildman–Crippen LogP) is 0.283. The number of carbonyl (C=O) groups excluding carboxylic acids is 2. The Bertz CT molecular complexity index is 395. The van der Waals surface area contributed by atoms with E-state index in [4.69, 9.17) is 18.0 Å². The number of nitrogens with two attached hydrogens (primary N) is 1.